The molecule has 18 heavy (non-hydrogen) atoms. The standard InChI is InChI=1S/C7HF5O2.C4H8/c8-2-1(7(13)14)3(9)5(11)6(12)4(2)10;1-4(2)3/h(H,13,14);1H2,2-3H3. The Morgan fingerprint density at radius 1 is 0.889 bits per heavy atom. The van der Waals surface area contributed by atoms with Crippen LogP contribution >= 0.6 is 0 Å². The van der Waals surface area contributed by atoms with Crippen LogP contribution in [0.1, 0.15) is 24.2 Å². The topological polar surface area (TPSA) is 37.3 Å². The lowest BCUT2D eigenvalue weighted by Crippen LogP contribution is -2.11. The summed E-state index contributed by atoms with van der Waals surface area (Å²) in [6.07, 6.45) is 0. The summed E-state index contributed by atoms with van der Waals surface area (Å²) in [4.78, 5) is 10.1. The summed E-state index contributed by atoms with van der Waals surface area (Å²) in [5, 5.41) is 8.15. The third kappa shape index (κ3) is 3.54. The smallest absolute Gasteiger partial charge is 0.341 e. The number of hydrogen-bond donors (Lipinski definition) is 1. The van der Waals surface area contributed by atoms with Gasteiger partial charge < -0.3 is 5.11 Å². The van der Waals surface area contributed by atoms with Gasteiger partial charge in [-0.05, 0) is 13.8 Å². The van der Waals surface area contributed by atoms with Gasteiger partial charge in [0.1, 0.15) is 5.56 Å². The molecule has 2 nitrogen and oxygen atoms in total. The number of carboxylic acid groups (broad SMARTS) is 1. The maximum atomic E-state index is 12.6. The van der Waals surface area contributed by atoms with Gasteiger partial charge in [0.2, 0.25) is 5.82 Å². The van der Waals surface area contributed by atoms with Gasteiger partial charge in [-0.3, -0.25) is 0 Å². The molecular weight excluding hydrogens is 259 g/mol. The quantitative estimate of drug-likeness (QED) is 0.365. The molecule has 0 heterocycles. The number of carboxylic acids is 1. The van der Waals surface area contributed by atoms with Gasteiger partial charge in [-0.1, -0.05) is 5.57 Å². The number of halogens is 5. The Labute approximate surface area is 99.4 Å². The molecule has 1 N–H and O–H groups in total. The highest BCUT2D eigenvalue weighted by Crippen LogP contribution is 2.22. The van der Waals surface area contributed by atoms with E-state index >= 15 is 0 Å². The van der Waals surface area contributed by atoms with Gasteiger partial charge in [-0.15, -0.1) is 6.58 Å². The first kappa shape index (κ1) is 16.1. The highest BCUT2D eigenvalue weighted by Gasteiger charge is 2.29. The average molecular weight is 268 g/mol. The largest absolute Gasteiger partial charge is 0.477 e. The minimum Gasteiger partial charge on any atom is -0.477 e. The molecule has 0 spiro atoms. The Morgan fingerprint density at radius 2 is 1.11 bits per heavy atom. The monoisotopic (exact) mass is 268 g/mol. The minimum absolute atomic E-state index is 1.17. The number of aromatic carboxylic acids is 1. The second-order valence-corrected chi connectivity index (χ2v) is 3.46. The predicted molar refractivity (Wildman–Crippen MR) is 53.7 cm³/mol. The molecule has 0 aliphatic heterocycles. The van der Waals surface area contributed by atoms with Crippen molar-refractivity contribution in [3.63, 3.8) is 0 Å². The van der Waals surface area contributed by atoms with E-state index in [4.69, 9.17) is 5.11 Å². The van der Waals surface area contributed by atoms with Crippen LogP contribution in [0.3, 0.4) is 0 Å². The van der Waals surface area contributed by atoms with Gasteiger partial charge in [0.25, 0.3) is 0 Å². The zero-order chi connectivity index (χ0) is 14.6. The molecule has 0 unspecified atom stereocenters. The maximum absolute atomic E-state index is 12.6. The van der Waals surface area contributed by atoms with Crippen molar-refractivity contribution in [1.82, 2.24) is 0 Å². The molecule has 0 aliphatic carbocycles. The SMILES string of the molecule is C=C(C)C.O=C(O)c1c(F)c(F)c(F)c(F)c1F. The molecule has 1 aromatic carbocycles. The molecule has 0 saturated carbocycles. The molecule has 0 radical (unpaired) electrons. The predicted octanol–water partition coefficient (Wildman–Crippen LogP) is 3.66. The number of benzene rings is 1. The lowest BCUT2D eigenvalue weighted by molar-refractivity contribution is 0.0682. The lowest BCUT2D eigenvalue weighted by Gasteiger charge is -2.03. The molecule has 0 aliphatic rings. The van der Waals surface area contributed by atoms with Crippen molar-refractivity contribution in [2.75, 3.05) is 0 Å². The Hall–Kier alpha value is -1.92. The molecular formula is C11H9F5O2. The van der Waals surface area contributed by atoms with Gasteiger partial charge in [-0.2, -0.15) is 0 Å². The Morgan fingerprint density at radius 3 is 1.33 bits per heavy atom. The first-order valence-electron chi connectivity index (χ1n) is 4.48. The normalized spacial score (nSPS) is 9.50. The van der Waals surface area contributed by atoms with E-state index in [1.54, 1.807) is 0 Å². The summed E-state index contributed by atoms with van der Waals surface area (Å²) >= 11 is 0. The molecule has 100 valence electrons. The Kier molecular flexibility index (Phi) is 5.48. The van der Waals surface area contributed by atoms with Crippen LogP contribution in [-0.4, -0.2) is 11.1 Å². The number of rotatable bonds is 1. The van der Waals surface area contributed by atoms with E-state index in [0.29, 0.717) is 0 Å². The van der Waals surface area contributed by atoms with E-state index in [9.17, 15) is 26.7 Å². The number of hydrogen-bond acceptors (Lipinski definition) is 1. The summed E-state index contributed by atoms with van der Waals surface area (Å²) in [6, 6.07) is 0. The molecule has 0 atom stereocenters. The third-order valence-corrected chi connectivity index (χ3v) is 1.42. The van der Waals surface area contributed by atoms with E-state index in [1.165, 1.54) is 5.57 Å². The van der Waals surface area contributed by atoms with Crippen molar-refractivity contribution in [3.8, 4) is 0 Å². The van der Waals surface area contributed by atoms with Crippen LogP contribution in [0, 0.1) is 29.1 Å². The van der Waals surface area contributed by atoms with Crippen LogP contribution in [0.2, 0.25) is 0 Å². The van der Waals surface area contributed by atoms with E-state index in [-0.39, 0.29) is 0 Å². The highest BCUT2D eigenvalue weighted by atomic mass is 19.2. The van der Waals surface area contributed by atoms with Gasteiger partial charge in [0.15, 0.2) is 23.3 Å². The summed E-state index contributed by atoms with van der Waals surface area (Å²) < 4.78 is 62.1. The van der Waals surface area contributed by atoms with Crippen molar-refractivity contribution >= 4 is 5.97 Å². The van der Waals surface area contributed by atoms with Gasteiger partial charge >= 0.3 is 5.97 Å². The Balaban J connectivity index is 0.000000631. The average Bonchev–Trinajstić information content (AvgIpc) is 2.22. The molecule has 0 bridgehead atoms. The molecule has 7 heteroatoms. The molecule has 0 aromatic heterocycles. The van der Waals surface area contributed by atoms with Crippen molar-refractivity contribution in [2.24, 2.45) is 0 Å². The molecule has 0 amide bonds. The number of allylic oxidation sites excluding steroid dienone is 1. The fraction of sp³-hybridized carbons (Fsp3) is 0.182. The number of carbonyl (C=O) groups is 1. The molecule has 0 fully saturated rings. The first-order chi connectivity index (χ1) is 8.11. The Bertz CT molecular complexity index is 464. The summed E-state index contributed by atoms with van der Waals surface area (Å²) in [5.74, 6) is -13.9. The second-order valence-electron chi connectivity index (χ2n) is 3.46. The second kappa shape index (κ2) is 6.13. The van der Waals surface area contributed by atoms with Crippen molar-refractivity contribution in [1.29, 1.82) is 0 Å². The van der Waals surface area contributed by atoms with Crippen LogP contribution in [0.5, 0.6) is 0 Å². The van der Waals surface area contributed by atoms with Gasteiger partial charge in [0, 0.05) is 0 Å². The van der Waals surface area contributed by atoms with Gasteiger partial charge in [-0.25, -0.2) is 26.7 Å². The van der Waals surface area contributed by atoms with Crippen LogP contribution in [-0.2, 0) is 0 Å². The summed E-state index contributed by atoms with van der Waals surface area (Å²) in [7, 11) is 0. The van der Waals surface area contributed by atoms with Crippen molar-refractivity contribution in [3.05, 3.63) is 46.8 Å². The highest BCUT2D eigenvalue weighted by molar-refractivity contribution is 5.88. The van der Waals surface area contributed by atoms with E-state index < -0.39 is 40.6 Å². The van der Waals surface area contributed by atoms with E-state index in [2.05, 4.69) is 6.58 Å². The van der Waals surface area contributed by atoms with E-state index in [1.807, 2.05) is 13.8 Å². The fourth-order valence-corrected chi connectivity index (χ4v) is 0.793. The fourth-order valence-electron chi connectivity index (χ4n) is 0.793. The lowest BCUT2D eigenvalue weighted by atomic mass is 10.1. The van der Waals surface area contributed by atoms with Crippen molar-refractivity contribution < 1.29 is 31.9 Å². The minimum atomic E-state index is -2.38. The third-order valence-electron chi connectivity index (χ3n) is 1.42. The van der Waals surface area contributed by atoms with Crippen LogP contribution in [0.15, 0.2) is 12.2 Å². The van der Waals surface area contributed by atoms with E-state index in [0.717, 1.165) is 0 Å². The summed E-state index contributed by atoms with van der Waals surface area (Å²) in [6.45, 7) is 7.50. The molecule has 1 aromatic rings. The zero-order valence-electron chi connectivity index (χ0n) is 9.45. The van der Waals surface area contributed by atoms with Gasteiger partial charge in [0.05, 0.1) is 0 Å². The van der Waals surface area contributed by atoms with Crippen LogP contribution < -0.4 is 0 Å². The van der Waals surface area contributed by atoms with Crippen LogP contribution in [0.4, 0.5) is 22.0 Å². The first-order valence-corrected chi connectivity index (χ1v) is 4.48. The molecule has 1 rings (SSSR count). The summed E-state index contributed by atoms with van der Waals surface area (Å²) in [5.41, 5.74) is -0.693. The zero-order valence-corrected chi connectivity index (χ0v) is 9.45. The maximum Gasteiger partial charge on any atom is 0.341 e. The molecule has 0 saturated heterocycles. The van der Waals surface area contributed by atoms with Crippen molar-refractivity contribution in [2.45, 2.75) is 13.8 Å². The van der Waals surface area contributed by atoms with Crippen LogP contribution in [0.25, 0.3) is 0 Å².